The van der Waals surface area contributed by atoms with Crippen molar-refractivity contribution < 1.29 is 14.3 Å². The molecule has 9 nitrogen and oxygen atoms in total. The Morgan fingerprint density at radius 3 is 2.77 bits per heavy atom. The zero-order valence-electron chi connectivity index (χ0n) is 22.7. The van der Waals surface area contributed by atoms with Gasteiger partial charge in [-0.1, -0.05) is 11.6 Å². The number of aryl methyl sites for hydroxylation is 1. The van der Waals surface area contributed by atoms with Crippen LogP contribution in [-0.2, 0) is 16.1 Å². The van der Waals surface area contributed by atoms with Crippen molar-refractivity contribution in [3.05, 3.63) is 75.2 Å². The molecular formula is C30H31ClN6O3. The van der Waals surface area contributed by atoms with E-state index < -0.39 is 0 Å². The molecule has 3 heterocycles. The van der Waals surface area contributed by atoms with Gasteiger partial charge in [0, 0.05) is 43.0 Å². The molecule has 3 aliphatic rings. The number of ether oxygens (including phenoxy) is 1. The van der Waals surface area contributed by atoms with Crippen molar-refractivity contribution in [1.82, 2.24) is 20.1 Å². The first-order valence-electron chi connectivity index (χ1n) is 13.6. The lowest BCUT2D eigenvalue weighted by Gasteiger charge is -2.36. The van der Waals surface area contributed by atoms with E-state index in [2.05, 4.69) is 16.4 Å². The molecule has 40 heavy (non-hydrogen) atoms. The predicted octanol–water partition coefficient (Wildman–Crippen LogP) is 4.53. The molecule has 2 saturated carbocycles. The fraction of sp³-hybridized carbons (Fsp3) is 0.433. The van der Waals surface area contributed by atoms with Gasteiger partial charge in [-0.25, -0.2) is 4.98 Å². The number of anilines is 1. The first-order chi connectivity index (χ1) is 19.3. The fourth-order valence-electron chi connectivity index (χ4n) is 6.05. The summed E-state index contributed by atoms with van der Waals surface area (Å²) in [6.45, 7) is 4.98. The number of piperidine rings is 1. The second-order valence-corrected chi connectivity index (χ2v) is 11.6. The summed E-state index contributed by atoms with van der Waals surface area (Å²) >= 11 is 6.16. The average Bonchev–Trinajstić information content (AvgIpc) is 3.45. The Morgan fingerprint density at radius 1 is 1.30 bits per heavy atom. The van der Waals surface area contributed by atoms with Gasteiger partial charge >= 0.3 is 0 Å². The molecule has 1 saturated heterocycles. The summed E-state index contributed by atoms with van der Waals surface area (Å²) < 4.78 is 7.12. The number of fused-ring (bicyclic) bond motifs is 1. The molecule has 1 N–H and O–H groups in total. The molecule has 2 aromatic heterocycles. The minimum Gasteiger partial charge on any atom is -0.378 e. The summed E-state index contributed by atoms with van der Waals surface area (Å²) in [6.07, 6.45) is 6.06. The fourth-order valence-corrected chi connectivity index (χ4v) is 6.23. The summed E-state index contributed by atoms with van der Waals surface area (Å²) in [5.41, 5.74) is 4.58. The second kappa shape index (κ2) is 10.3. The van der Waals surface area contributed by atoms with Crippen LogP contribution < -0.4 is 10.2 Å². The Hall–Kier alpha value is -3.74. The molecule has 3 fully saturated rings. The zero-order chi connectivity index (χ0) is 28.1. The Kier molecular flexibility index (Phi) is 6.85. The third-order valence-corrected chi connectivity index (χ3v) is 8.80. The van der Waals surface area contributed by atoms with E-state index in [9.17, 15) is 14.9 Å². The smallest absolute Gasteiger partial charge is 0.255 e. The quantitative estimate of drug-likeness (QED) is 0.435. The number of carbonyl (C=O) groups excluding carboxylic acids is 2. The second-order valence-electron chi connectivity index (χ2n) is 11.2. The van der Waals surface area contributed by atoms with Crippen molar-refractivity contribution >= 4 is 29.2 Å². The van der Waals surface area contributed by atoms with Crippen LogP contribution in [0.5, 0.6) is 0 Å². The van der Waals surface area contributed by atoms with Crippen LogP contribution in [0.2, 0.25) is 5.02 Å². The largest absolute Gasteiger partial charge is 0.378 e. The van der Waals surface area contributed by atoms with Crippen LogP contribution in [0.1, 0.15) is 76.5 Å². The summed E-state index contributed by atoms with van der Waals surface area (Å²) in [4.78, 5) is 32.2. The number of methoxy groups -OCH3 is 1. The van der Waals surface area contributed by atoms with E-state index in [0.29, 0.717) is 33.6 Å². The topological polar surface area (TPSA) is 113 Å². The predicted molar refractivity (Wildman–Crippen MR) is 149 cm³/mol. The first-order valence-corrected chi connectivity index (χ1v) is 14.0. The number of benzene rings is 1. The number of hydrogen-bond acceptors (Lipinski definition) is 6. The molecule has 1 aliphatic heterocycles. The zero-order valence-corrected chi connectivity index (χ0v) is 23.5. The van der Waals surface area contributed by atoms with E-state index in [0.717, 1.165) is 42.5 Å². The molecule has 0 radical (unpaired) electrons. The van der Waals surface area contributed by atoms with Crippen molar-refractivity contribution in [3.8, 4) is 6.07 Å². The molecule has 1 aromatic carbocycles. The average molecular weight is 559 g/mol. The van der Waals surface area contributed by atoms with Gasteiger partial charge < -0.3 is 10.1 Å². The highest BCUT2D eigenvalue weighted by atomic mass is 35.5. The molecule has 0 spiro atoms. The maximum atomic E-state index is 13.3. The van der Waals surface area contributed by atoms with Gasteiger partial charge in [0.2, 0.25) is 5.91 Å². The molecule has 6 rings (SSSR count). The molecule has 2 aliphatic carbocycles. The molecule has 3 atom stereocenters. The minimum atomic E-state index is -0.197. The Labute approximate surface area is 238 Å². The molecule has 10 heteroatoms. The van der Waals surface area contributed by atoms with Crippen LogP contribution >= 0.6 is 11.6 Å². The summed E-state index contributed by atoms with van der Waals surface area (Å²) in [7, 11) is 1.58. The van der Waals surface area contributed by atoms with Gasteiger partial charge in [0.05, 0.1) is 29.8 Å². The van der Waals surface area contributed by atoms with Gasteiger partial charge in [-0.2, -0.15) is 10.4 Å². The van der Waals surface area contributed by atoms with E-state index in [1.54, 1.807) is 35.0 Å². The lowest BCUT2D eigenvalue weighted by atomic mass is 9.74. The third kappa shape index (κ3) is 4.76. The maximum Gasteiger partial charge on any atom is 0.255 e. The third-order valence-electron chi connectivity index (χ3n) is 8.56. The molecule has 1 unspecified atom stereocenters. The lowest BCUT2D eigenvalue weighted by molar-refractivity contribution is -0.118. The standard InChI is InChI=1S/C30H31ClN6O3/c1-16-6-28(36-13-20-9-24(20)30(36)39)33-12-25(16)17(2)37-14-26(27(35-37)15-40-3)29(38)34-22-7-19(8-22)23-10-21(31)5-4-18(23)11-32/h4-6,10,12,14,17,19-20,22,24H,7-9,13,15H2,1-3H3,(H,34,38)/t17?,19?,20-,22?,24-/m1/s1. The van der Waals surface area contributed by atoms with Crippen molar-refractivity contribution in [2.75, 3.05) is 18.6 Å². The number of hydrogen-bond donors (Lipinski definition) is 1. The van der Waals surface area contributed by atoms with Gasteiger partial charge in [0.1, 0.15) is 11.5 Å². The van der Waals surface area contributed by atoms with Crippen LogP contribution in [0.4, 0.5) is 5.82 Å². The van der Waals surface area contributed by atoms with Crippen LogP contribution in [0.15, 0.2) is 36.7 Å². The number of nitriles is 1. The normalized spacial score (nSPS) is 23.8. The highest BCUT2D eigenvalue weighted by molar-refractivity contribution is 6.30. The van der Waals surface area contributed by atoms with Crippen LogP contribution in [0.3, 0.4) is 0 Å². The van der Waals surface area contributed by atoms with Crippen molar-refractivity contribution in [2.24, 2.45) is 11.8 Å². The van der Waals surface area contributed by atoms with Crippen LogP contribution in [-0.4, -0.2) is 46.3 Å². The van der Waals surface area contributed by atoms with E-state index in [1.165, 1.54) is 0 Å². The number of pyridine rings is 1. The maximum absolute atomic E-state index is 13.3. The summed E-state index contributed by atoms with van der Waals surface area (Å²) in [6, 6.07) is 9.33. The van der Waals surface area contributed by atoms with E-state index in [-0.39, 0.29) is 42.3 Å². The number of carbonyl (C=O) groups is 2. The van der Waals surface area contributed by atoms with Crippen molar-refractivity contribution in [3.63, 3.8) is 0 Å². The van der Waals surface area contributed by atoms with Gasteiger partial charge in [-0.05, 0) is 85.9 Å². The Balaban J connectivity index is 1.15. The van der Waals surface area contributed by atoms with Gasteiger partial charge in [0.25, 0.3) is 5.91 Å². The lowest BCUT2D eigenvalue weighted by Crippen LogP contribution is -2.43. The first kappa shape index (κ1) is 26.5. The highest BCUT2D eigenvalue weighted by Gasteiger charge is 2.52. The van der Waals surface area contributed by atoms with E-state index >= 15 is 0 Å². The molecule has 0 bridgehead atoms. The Bertz CT molecular complexity index is 1540. The number of nitrogens with zero attached hydrogens (tertiary/aromatic N) is 5. The minimum absolute atomic E-state index is 0.00230. The number of aromatic nitrogens is 3. The SMILES string of the molecule is COCc1nn(C(C)c2cnc(N3C[C@H]4C[C@H]4C3=O)cc2C)cc1C(=O)NC1CC(c2cc(Cl)ccc2C#N)C1. The molecule has 206 valence electrons. The number of rotatable bonds is 8. The highest BCUT2D eigenvalue weighted by Crippen LogP contribution is 2.47. The number of halogens is 1. The van der Waals surface area contributed by atoms with Gasteiger partial charge in [0.15, 0.2) is 0 Å². The van der Waals surface area contributed by atoms with Crippen molar-refractivity contribution in [2.45, 2.75) is 57.7 Å². The molecular weight excluding hydrogens is 528 g/mol. The van der Waals surface area contributed by atoms with Gasteiger partial charge in [-0.3, -0.25) is 19.2 Å². The Morgan fingerprint density at radius 2 is 2.10 bits per heavy atom. The summed E-state index contributed by atoms with van der Waals surface area (Å²) in [5, 5.41) is 17.9. The molecule has 2 amide bonds. The van der Waals surface area contributed by atoms with E-state index in [1.807, 2.05) is 32.2 Å². The van der Waals surface area contributed by atoms with E-state index in [4.69, 9.17) is 21.4 Å². The number of nitrogens with one attached hydrogen (secondary N) is 1. The van der Waals surface area contributed by atoms with Crippen LogP contribution in [0, 0.1) is 30.1 Å². The summed E-state index contributed by atoms with van der Waals surface area (Å²) in [5.74, 6) is 1.53. The van der Waals surface area contributed by atoms with Crippen LogP contribution in [0.25, 0.3) is 0 Å². The van der Waals surface area contributed by atoms with Gasteiger partial charge in [-0.15, -0.1) is 0 Å². The number of amides is 2. The molecule has 3 aromatic rings. The monoisotopic (exact) mass is 558 g/mol. The van der Waals surface area contributed by atoms with Crippen molar-refractivity contribution in [1.29, 1.82) is 5.26 Å².